The van der Waals surface area contributed by atoms with E-state index in [1.165, 1.54) is 18.2 Å². The van der Waals surface area contributed by atoms with E-state index in [0.29, 0.717) is 5.56 Å². The summed E-state index contributed by atoms with van der Waals surface area (Å²) in [6, 6.07) is 4.70. The Morgan fingerprint density at radius 2 is 1.58 bits per heavy atom. The van der Waals surface area contributed by atoms with Gasteiger partial charge in [0.15, 0.2) is 0 Å². The molecule has 12 heteroatoms. The molecule has 0 amide bonds. The van der Waals surface area contributed by atoms with Crippen molar-refractivity contribution in [2.75, 3.05) is 0 Å². The molecule has 1 rings (SSSR count). The zero-order valence-corrected chi connectivity index (χ0v) is 13.4. The van der Waals surface area contributed by atoms with Gasteiger partial charge in [-0.2, -0.15) is 26.0 Å². The number of rotatable bonds is 7. The van der Waals surface area contributed by atoms with Gasteiger partial charge in [-0.1, -0.05) is 28.7 Å². The highest BCUT2D eigenvalue weighted by Crippen LogP contribution is 2.49. The molecule has 24 heavy (non-hydrogen) atoms. The zero-order valence-electron chi connectivity index (χ0n) is 11.8. The Morgan fingerprint density at radius 1 is 1.12 bits per heavy atom. The molecular weight excluding hydrogens is 386 g/mol. The van der Waals surface area contributed by atoms with Crippen molar-refractivity contribution in [3.63, 3.8) is 0 Å². The van der Waals surface area contributed by atoms with E-state index in [0.717, 1.165) is 12.1 Å². The summed E-state index contributed by atoms with van der Waals surface area (Å²) < 4.78 is 116. The molecule has 0 aromatic heterocycles. The summed E-state index contributed by atoms with van der Waals surface area (Å²) in [5.74, 6) is -6.62. The van der Waals surface area contributed by atoms with Gasteiger partial charge in [0.2, 0.25) is 0 Å². The summed E-state index contributed by atoms with van der Waals surface area (Å²) in [5.41, 5.74) is 0.525. The average molecular weight is 396 g/mol. The molecular formula is C12H10F6O4S2. The van der Waals surface area contributed by atoms with Gasteiger partial charge in [-0.05, 0) is 24.6 Å². The van der Waals surface area contributed by atoms with Crippen LogP contribution in [0.4, 0.5) is 25.8 Å². The van der Waals surface area contributed by atoms with Crippen LogP contribution in [0.25, 0.3) is 6.08 Å². The molecule has 0 radical (unpaired) electrons. The highest BCUT2D eigenvalue weighted by molar-refractivity contribution is 7.87. The molecule has 0 saturated heterocycles. The lowest BCUT2D eigenvalue weighted by Crippen LogP contribution is -2.59. The van der Waals surface area contributed by atoms with E-state index in [4.69, 9.17) is 0 Å². The second-order valence-electron chi connectivity index (χ2n) is 4.54. The third-order valence-corrected chi connectivity index (χ3v) is 4.93. The molecule has 2 atom stereocenters. The minimum atomic E-state index is -7.18. The molecule has 0 fully saturated rings. The molecule has 0 aliphatic carbocycles. The largest absolute Gasteiger partial charge is 0.440 e. The van der Waals surface area contributed by atoms with E-state index in [1.807, 2.05) is 0 Å². The van der Waals surface area contributed by atoms with Crippen LogP contribution in [0.5, 0.6) is 5.75 Å². The van der Waals surface area contributed by atoms with Gasteiger partial charge >= 0.3 is 21.4 Å². The maximum absolute atomic E-state index is 14.0. The molecule has 1 aromatic carbocycles. The molecule has 0 saturated carbocycles. The fourth-order valence-corrected chi connectivity index (χ4v) is 2.69. The predicted molar refractivity (Wildman–Crippen MR) is 74.7 cm³/mol. The van der Waals surface area contributed by atoms with Gasteiger partial charge < -0.3 is 4.18 Å². The summed E-state index contributed by atoms with van der Waals surface area (Å²) in [7, 11) is -7.18. The molecule has 136 valence electrons. The Morgan fingerprint density at radius 3 is 1.96 bits per heavy atom. The Labute approximate surface area is 136 Å². The molecule has 0 bridgehead atoms. The predicted octanol–water partition coefficient (Wildman–Crippen LogP) is 3.59. The second-order valence-corrected chi connectivity index (χ2v) is 7.33. The lowest BCUT2D eigenvalue weighted by atomic mass is 10.2. The first kappa shape index (κ1) is 20.5. The minimum absolute atomic E-state index is 0.291. The van der Waals surface area contributed by atoms with E-state index in [1.54, 1.807) is 0 Å². The lowest BCUT2D eigenvalue weighted by molar-refractivity contribution is -0.204. The Hall–Kier alpha value is -1.56. The van der Waals surface area contributed by atoms with Crippen molar-refractivity contribution in [3.05, 3.63) is 36.4 Å². The zero-order chi connectivity index (χ0) is 19.0. The molecule has 0 aliphatic heterocycles. The number of alkyl halides is 5. The highest BCUT2D eigenvalue weighted by atomic mass is 32.3. The number of halogens is 6. The van der Waals surface area contributed by atoms with Gasteiger partial charge in [0.25, 0.3) is 16.1 Å². The first-order valence-electron chi connectivity index (χ1n) is 5.90. The maximum Gasteiger partial charge on any atom is 0.440 e. The van der Waals surface area contributed by atoms with Gasteiger partial charge in [0, 0.05) is 0 Å². The fraction of sp³-hybridized carbons (Fsp3) is 0.333. The van der Waals surface area contributed by atoms with E-state index >= 15 is 0 Å². The van der Waals surface area contributed by atoms with Crippen molar-refractivity contribution < 1.29 is 42.6 Å². The summed E-state index contributed by atoms with van der Waals surface area (Å²) in [4.78, 5) is 0. The summed E-state index contributed by atoms with van der Waals surface area (Å²) in [6.07, 6.45) is 1.38. The fourth-order valence-electron chi connectivity index (χ4n) is 1.34. The third kappa shape index (κ3) is 3.43. The summed E-state index contributed by atoms with van der Waals surface area (Å²) >= 11 is -3.79. The quantitative estimate of drug-likeness (QED) is 0.522. The van der Waals surface area contributed by atoms with Crippen molar-refractivity contribution in [3.8, 4) is 5.75 Å². The number of hydrogen-bond acceptors (Lipinski definition) is 4. The number of hydrogen-bond donors (Lipinski definition) is 0. The average Bonchev–Trinajstić information content (AvgIpc) is 2.46. The molecule has 0 aliphatic rings. The van der Waals surface area contributed by atoms with Crippen LogP contribution >= 0.6 is 0 Å². The van der Waals surface area contributed by atoms with Crippen molar-refractivity contribution in [1.29, 1.82) is 0 Å². The van der Waals surface area contributed by atoms with Crippen LogP contribution in [-0.4, -0.2) is 28.8 Å². The smallest absolute Gasteiger partial charge is 0.398 e. The van der Waals surface area contributed by atoms with Gasteiger partial charge in [-0.3, -0.25) is 0 Å². The van der Waals surface area contributed by atoms with Gasteiger partial charge in [-0.25, -0.2) is 8.60 Å². The van der Waals surface area contributed by atoms with E-state index in [2.05, 4.69) is 10.8 Å². The van der Waals surface area contributed by atoms with E-state index in [9.17, 15) is 38.5 Å². The normalized spacial score (nSPS) is 17.0. The van der Waals surface area contributed by atoms with Crippen LogP contribution in [0.15, 0.2) is 30.8 Å². The monoisotopic (exact) mass is 396 g/mol. The van der Waals surface area contributed by atoms with Crippen LogP contribution in [0.2, 0.25) is 0 Å². The van der Waals surface area contributed by atoms with Gasteiger partial charge in [0.05, 0.1) is 0 Å². The molecule has 0 N–H and O–H groups in total. The lowest BCUT2D eigenvalue weighted by Gasteiger charge is -2.31. The summed E-state index contributed by atoms with van der Waals surface area (Å²) in [6.45, 7) is 3.12. The maximum atomic E-state index is 14.0. The topological polar surface area (TPSA) is 60.4 Å². The van der Waals surface area contributed by atoms with Gasteiger partial charge in [-0.15, -0.1) is 0 Å². The first-order chi connectivity index (χ1) is 10.7. The molecule has 2 unspecified atom stereocenters. The van der Waals surface area contributed by atoms with Crippen molar-refractivity contribution >= 4 is 27.4 Å². The van der Waals surface area contributed by atoms with Crippen LogP contribution in [0.1, 0.15) is 12.5 Å². The minimum Gasteiger partial charge on any atom is -0.398 e. The molecule has 0 spiro atoms. The highest BCUT2D eigenvalue weighted by Gasteiger charge is 2.78. The Balaban J connectivity index is 3.16. The van der Waals surface area contributed by atoms with E-state index < -0.39 is 43.2 Å². The third-order valence-electron chi connectivity index (χ3n) is 2.83. The van der Waals surface area contributed by atoms with Gasteiger partial charge in [0.1, 0.15) is 5.75 Å². The standard InChI is InChI=1S/C12H10F6O4S2/c1-3-8-4-6-9(7-5-8)22-23(19)10(2,13)11(14,15)12(16,17)24(18,20)21/h3-7H,1H2,2H3. The number of benzene rings is 1. The summed E-state index contributed by atoms with van der Waals surface area (Å²) in [5, 5.41) is -11.2. The van der Waals surface area contributed by atoms with Crippen LogP contribution in [0, 0.1) is 0 Å². The Bertz CT molecular complexity index is 743. The molecule has 4 nitrogen and oxygen atoms in total. The van der Waals surface area contributed by atoms with E-state index in [-0.39, 0.29) is 6.92 Å². The second kappa shape index (κ2) is 6.39. The molecule has 1 aromatic rings. The van der Waals surface area contributed by atoms with Crippen LogP contribution in [0.3, 0.4) is 0 Å². The van der Waals surface area contributed by atoms with Crippen molar-refractivity contribution in [2.45, 2.75) is 23.1 Å². The Kier molecular flexibility index (Phi) is 5.45. The van der Waals surface area contributed by atoms with Crippen LogP contribution in [-0.2, 0) is 21.3 Å². The first-order valence-corrected chi connectivity index (χ1v) is 8.35. The van der Waals surface area contributed by atoms with Crippen LogP contribution < -0.4 is 4.18 Å². The molecule has 0 heterocycles. The van der Waals surface area contributed by atoms with Crippen molar-refractivity contribution in [1.82, 2.24) is 0 Å². The SMILES string of the molecule is C=Cc1ccc(OS(=O)C(C)(F)C(F)(F)C(F)(F)S(=O)(=O)F)cc1. The van der Waals surface area contributed by atoms with Crippen molar-refractivity contribution in [2.24, 2.45) is 0 Å².